The second-order valence-electron chi connectivity index (χ2n) is 6.79. The highest BCUT2D eigenvalue weighted by Gasteiger charge is 2.41. The molecule has 0 saturated carbocycles. The lowest BCUT2D eigenvalue weighted by Gasteiger charge is -2.29. The molecule has 1 aromatic carbocycles. The van der Waals surface area contributed by atoms with Crippen molar-refractivity contribution in [3.05, 3.63) is 78.4 Å². The van der Waals surface area contributed by atoms with Crippen molar-refractivity contribution in [2.75, 3.05) is 27.4 Å². The minimum atomic E-state index is -0.0658. The zero-order chi connectivity index (χ0) is 20.2. The summed E-state index contributed by atoms with van der Waals surface area (Å²) in [6, 6.07) is 18.0. The van der Waals surface area contributed by atoms with E-state index in [4.69, 9.17) is 21.7 Å². The normalized spacial score (nSPS) is 18.7. The number of nitrogens with zero attached hydrogens (tertiary/aromatic N) is 3. The minimum absolute atomic E-state index is 0.0348. The van der Waals surface area contributed by atoms with E-state index in [1.54, 1.807) is 14.2 Å². The summed E-state index contributed by atoms with van der Waals surface area (Å²) in [7, 11) is 3.39. The molecule has 0 bridgehead atoms. The van der Waals surface area contributed by atoms with Crippen molar-refractivity contribution in [2.45, 2.75) is 12.1 Å². The Kier molecular flexibility index (Phi) is 5.78. The quantitative estimate of drug-likeness (QED) is 0.604. The summed E-state index contributed by atoms with van der Waals surface area (Å²) in [5.41, 5.74) is 3.04. The SMILES string of the molecule is COCCN1C(=S)N[C@@H](c2ccccn2)[C@@H]1c1cccn1-c1ccccc1OC. The molecule has 1 fully saturated rings. The molecule has 0 radical (unpaired) electrons. The number of benzene rings is 1. The van der Waals surface area contributed by atoms with E-state index < -0.39 is 0 Å². The first kappa shape index (κ1) is 19.4. The predicted octanol–water partition coefficient (Wildman–Crippen LogP) is 3.50. The molecule has 1 saturated heterocycles. The highest BCUT2D eigenvalue weighted by atomic mass is 32.1. The van der Waals surface area contributed by atoms with Crippen LogP contribution in [0.4, 0.5) is 0 Å². The van der Waals surface area contributed by atoms with Gasteiger partial charge in [0.1, 0.15) is 5.75 Å². The van der Waals surface area contributed by atoms with Gasteiger partial charge in [-0.25, -0.2) is 0 Å². The smallest absolute Gasteiger partial charge is 0.170 e. The third-order valence-electron chi connectivity index (χ3n) is 5.16. The molecule has 0 unspecified atom stereocenters. The molecule has 0 spiro atoms. The fourth-order valence-corrected chi connectivity index (χ4v) is 4.17. The van der Waals surface area contributed by atoms with E-state index in [9.17, 15) is 0 Å². The van der Waals surface area contributed by atoms with Crippen molar-refractivity contribution < 1.29 is 9.47 Å². The summed E-state index contributed by atoms with van der Waals surface area (Å²) in [4.78, 5) is 6.77. The van der Waals surface area contributed by atoms with Crippen LogP contribution in [0, 0.1) is 0 Å². The van der Waals surface area contributed by atoms with Crippen LogP contribution >= 0.6 is 12.2 Å². The van der Waals surface area contributed by atoms with Crippen LogP contribution in [0.2, 0.25) is 0 Å². The molecule has 0 aliphatic carbocycles. The lowest BCUT2D eigenvalue weighted by atomic mass is 10.0. The Morgan fingerprint density at radius 3 is 2.66 bits per heavy atom. The molecular weight excluding hydrogens is 384 g/mol. The van der Waals surface area contributed by atoms with Crippen molar-refractivity contribution in [3.8, 4) is 11.4 Å². The van der Waals surface area contributed by atoms with Gasteiger partial charge in [-0.15, -0.1) is 0 Å². The van der Waals surface area contributed by atoms with Crippen molar-refractivity contribution in [1.29, 1.82) is 0 Å². The second-order valence-corrected chi connectivity index (χ2v) is 7.17. The van der Waals surface area contributed by atoms with E-state index >= 15 is 0 Å². The van der Waals surface area contributed by atoms with E-state index in [0.717, 1.165) is 22.8 Å². The highest BCUT2D eigenvalue weighted by Crippen LogP contribution is 2.40. The van der Waals surface area contributed by atoms with Crippen LogP contribution in [0.15, 0.2) is 67.0 Å². The Labute approximate surface area is 176 Å². The van der Waals surface area contributed by atoms with Gasteiger partial charge in [-0.05, 0) is 48.6 Å². The molecule has 2 atom stereocenters. The minimum Gasteiger partial charge on any atom is -0.495 e. The molecule has 3 aromatic rings. The summed E-state index contributed by atoms with van der Waals surface area (Å²) < 4.78 is 13.1. The molecule has 3 heterocycles. The molecule has 1 N–H and O–H groups in total. The molecule has 0 amide bonds. The van der Waals surface area contributed by atoms with Gasteiger partial charge in [-0.3, -0.25) is 4.98 Å². The molecule has 1 aliphatic heterocycles. The van der Waals surface area contributed by atoms with Gasteiger partial charge in [0.05, 0.1) is 37.2 Å². The molecular formula is C22H24N4O2S. The number of pyridine rings is 1. The number of aromatic nitrogens is 2. The zero-order valence-corrected chi connectivity index (χ0v) is 17.3. The van der Waals surface area contributed by atoms with Crippen molar-refractivity contribution in [3.63, 3.8) is 0 Å². The van der Waals surface area contributed by atoms with Gasteiger partial charge in [0.25, 0.3) is 0 Å². The lowest BCUT2D eigenvalue weighted by Crippen LogP contribution is -2.33. The van der Waals surface area contributed by atoms with E-state index in [1.807, 2.05) is 48.7 Å². The number of methoxy groups -OCH3 is 2. The fraction of sp³-hybridized carbons (Fsp3) is 0.273. The molecule has 29 heavy (non-hydrogen) atoms. The molecule has 7 heteroatoms. The predicted molar refractivity (Wildman–Crippen MR) is 116 cm³/mol. The van der Waals surface area contributed by atoms with Crippen LogP contribution in [-0.4, -0.2) is 46.9 Å². The Bertz CT molecular complexity index is 976. The Morgan fingerprint density at radius 2 is 1.90 bits per heavy atom. The van der Waals surface area contributed by atoms with Gasteiger partial charge in [0.2, 0.25) is 0 Å². The molecule has 4 rings (SSSR count). The average molecular weight is 409 g/mol. The maximum absolute atomic E-state index is 5.69. The van der Waals surface area contributed by atoms with E-state index in [2.05, 4.69) is 38.1 Å². The highest BCUT2D eigenvalue weighted by molar-refractivity contribution is 7.80. The zero-order valence-electron chi connectivity index (χ0n) is 16.5. The molecule has 2 aromatic heterocycles. The van der Waals surface area contributed by atoms with Gasteiger partial charge in [0, 0.05) is 31.7 Å². The van der Waals surface area contributed by atoms with Crippen LogP contribution < -0.4 is 10.1 Å². The lowest BCUT2D eigenvalue weighted by molar-refractivity contribution is 0.163. The van der Waals surface area contributed by atoms with Gasteiger partial charge in [0.15, 0.2) is 5.11 Å². The van der Waals surface area contributed by atoms with E-state index in [-0.39, 0.29) is 12.1 Å². The van der Waals surface area contributed by atoms with Gasteiger partial charge in [-0.2, -0.15) is 0 Å². The Morgan fingerprint density at radius 1 is 1.07 bits per heavy atom. The summed E-state index contributed by atoms with van der Waals surface area (Å²) in [5.74, 6) is 0.816. The van der Waals surface area contributed by atoms with Crippen LogP contribution in [0.25, 0.3) is 5.69 Å². The van der Waals surface area contributed by atoms with Crippen LogP contribution in [-0.2, 0) is 4.74 Å². The third kappa shape index (κ3) is 3.71. The summed E-state index contributed by atoms with van der Waals surface area (Å²) in [6.07, 6.45) is 3.87. The van der Waals surface area contributed by atoms with Crippen molar-refractivity contribution in [1.82, 2.24) is 19.8 Å². The Hall–Kier alpha value is -2.90. The van der Waals surface area contributed by atoms with Crippen molar-refractivity contribution in [2.24, 2.45) is 0 Å². The largest absolute Gasteiger partial charge is 0.495 e. The first-order chi connectivity index (χ1) is 14.2. The van der Waals surface area contributed by atoms with E-state index in [1.165, 1.54) is 0 Å². The summed E-state index contributed by atoms with van der Waals surface area (Å²) in [6.45, 7) is 1.27. The van der Waals surface area contributed by atoms with Crippen LogP contribution in [0.5, 0.6) is 5.75 Å². The standard InChI is InChI=1S/C22H24N4O2S/c1-27-15-14-26-21(20(24-22(26)29)16-8-5-6-12-23-16)18-10-7-13-25(18)17-9-3-4-11-19(17)28-2/h3-13,20-21H,14-15H2,1-2H3,(H,24,29)/t20-,21-/m0/s1. The first-order valence-electron chi connectivity index (χ1n) is 9.52. The number of para-hydroxylation sites is 2. The van der Waals surface area contributed by atoms with Crippen LogP contribution in [0.3, 0.4) is 0 Å². The molecule has 1 aliphatic rings. The number of nitrogens with one attached hydrogen (secondary N) is 1. The summed E-state index contributed by atoms with van der Waals surface area (Å²) >= 11 is 5.69. The fourth-order valence-electron chi connectivity index (χ4n) is 3.84. The molecule has 150 valence electrons. The number of ether oxygens (including phenoxy) is 2. The monoisotopic (exact) mass is 408 g/mol. The first-order valence-corrected chi connectivity index (χ1v) is 9.93. The maximum atomic E-state index is 5.69. The number of hydrogen-bond donors (Lipinski definition) is 1. The average Bonchev–Trinajstić information content (AvgIpc) is 3.37. The number of thiocarbonyl (C=S) groups is 1. The van der Waals surface area contributed by atoms with Gasteiger partial charge in [-0.1, -0.05) is 18.2 Å². The maximum Gasteiger partial charge on any atom is 0.170 e. The Balaban J connectivity index is 1.81. The number of hydrogen-bond acceptors (Lipinski definition) is 4. The van der Waals surface area contributed by atoms with Gasteiger partial charge < -0.3 is 24.3 Å². The second kappa shape index (κ2) is 8.63. The van der Waals surface area contributed by atoms with E-state index in [0.29, 0.717) is 18.3 Å². The number of rotatable bonds is 7. The third-order valence-corrected chi connectivity index (χ3v) is 5.51. The van der Waals surface area contributed by atoms with Crippen molar-refractivity contribution >= 4 is 17.3 Å². The molecule has 6 nitrogen and oxygen atoms in total. The summed E-state index contributed by atoms with van der Waals surface area (Å²) in [5, 5.41) is 4.17. The topological polar surface area (TPSA) is 51.5 Å². The van der Waals surface area contributed by atoms with Crippen LogP contribution in [0.1, 0.15) is 23.5 Å². The van der Waals surface area contributed by atoms with Gasteiger partial charge >= 0.3 is 0 Å².